The van der Waals surface area contributed by atoms with Gasteiger partial charge < -0.3 is 15.0 Å². The van der Waals surface area contributed by atoms with Crippen molar-refractivity contribution >= 4 is 29.2 Å². The van der Waals surface area contributed by atoms with Crippen LogP contribution in [-0.4, -0.2) is 31.4 Å². The minimum atomic E-state index is -0.822. The number of benzene rings is 2. The van der Waals surface area contributed by atoms with Crippen molar-refractivity contribution in [3.63, 3.8) is 0 Å². The van der Waals surface area contributed by atoms with Gasteiger partial charge in [-0.3, -0.25) is 9.59 Å². The molecule has 0 unspecified atom stereocenters. The molecule has 0 bridgehead atoms. The van der Waals surface area contributed by atoms with Crippen LogP contribution in [0.2, 0.25) is 0 Å². The Balaban J connectivity index is 2.21. The van der Waals surface area contributed by atoms with Gasteiger partial charge in [0.05, 0.1) is 18.4 Å². The average molecular weight is 326 g/mol. The van der Waals surface area contributed by atoms with Crippen LogP contribution in [-0.2, 0) is 14.3 Å². The monoisotopic (exact) mass is 326 g/mol. The zero-order valence-electron chi connectivity index (χ0n) is 13.5. The Labute approximate surface area is 140 Å². The van der Waals surface area contributed by atoms with Gasteiger partial charge >= 0.3 is 17.8 Å². The van der Waals surface area contributed by atoms with Gasteiger partial charge in [0.15, 0.2) is 0 Å². The fraction of sp³-hybridized carbons (Fsp3) is 0.167. The quantitative estimate of drug-likeness (QED) is 0.692. The lowest BCUT2D eigenvalue weighted by molar-refractivity contribution is -0.134. The van der Waals surface area contributed by atoms with E-state index in [1.165, 1.54) is 24.1 Å². The smallest absolute Gasteiger partial charge is 0.339 e. The fourth-order valence-corrected chi connectivity index (χ4v) is 2.23. The standard InChI is InChI=1S/C18H18N2O4/c1-3-20(13-9-5-4-6-10-13)17(22)16(21)19-15-12-8-7-11-14(15)18(23)24-2/h4-12H,3H2,1-2H3,(H,19,21). The molecule has 2 aromatic carbocycles. The van der Waals surface area contributed by atoms with E-state index in [0.29, 0.717) is 12.2 Å². The second-order valence-electron chi connectivity index (χ2n) is 4.88. The minimum absolute atomic E-state index is 0.184. The van der Waals surface area contributed by atoms with Crippen LogP contribution in [0.4, 0.5) is 11.4 Å². The highest BCUT2D eigenvalue weighted by Gasteiger charge is 2.23. The van der Waals surface area contributed by atoms with E-state index in [4.69, 9.17) is 0 Å². The van der Waals surface area contributed by atoms with E-state index in [1.54, 1.807) is 43.3 Å². The molecular formula is C18H18N2O4. The molecule has 0 fully saturated rings. The van der Waals surface area contributed by atoms with Crippen molar-refractivity contribution in [3.05, 3.63) is 60.2 Å². The van der Waals surface area contributed by atoms with E-state index < -0.39 is 17.8 Å². The highest BCUT2D eigenvalue weighted by atomic mass is 16.5. The summed E-state index contributed by atoms with van der Waals surface area (Å²) in [5, 5.41) is 2.48. The summed E-state index contributed by atoms with van der Waals surface area (Å²) >= 11 is 0. The first-order valence-corrected chi connectivity index (χ1v) is 7.43. The number of methoxy groups -OCH3 is 1. The molecule has 0 aromatic heterocycles. The maximum absolute atomic E-state index is 12.4. The number of carbonyl (C=O) groups is 3. The maximum atomic E-state index is 12.4. The van der Waals surface area contributed by atoms with Gasteiger partial charge in [0.2, 0.25) is 0 Å². The number of esters is 1. The van der Waals surface area contributed by atoms with E-state index in [1.807, 2.05) is 6.07 Å². The normalized spacial score (nSPS) is 9.92. The lowest BCUT2D eigenvalue weighted by Gasteiger charge is -2.20. The Hall–Kier alpha value is -3.15. The summed E-state index contributed by atoms with van der Waals surface area (Å²) in [4.78, 5) is 37.8. The van der Waals surface area contributed by atoms with E-state index >= 15 is 0 Å². The van der Waals surface area contributed by atoms with Crippen LogP contribution >= 0.6 is 0 Å². The van der Waals surface area contributed by atoms with Gasteiger partial charge in [0.1, 0.15) is 0 Å². The topological polar surface area (TPSA) is 75.7 Å². The number of ether oxygens (including phenoxy) is 1. The molecule has 0 spiro atoms. The highest BCUT2D eigenvalue weighted by molar-refractivity contribution is 6.44. The molecule has 0 aliphatic carbocycles. The number of amides is 2. The van der Waals surface area contributed by atoms with Crippen LogP contribution in [0.15, 0.2) is 54.6 Å². The second-order valence-corrected chi connectivity index (χ2v) is 4.88. The molecule has 0 saturated carbocycles. The van der Waals surface area contributed by atoms with E-state index in [9.17, 15) is 14.4 Å². The molecule has 2 rings (SSSR count). The second kappa shape index (κ2) is 7.92. The number of nitrogens with zero attached hydrogens (tertiary/aromatic N) is 1. The van der Waals surface area contributed by atoms with Gasteiger partial charge in [-0.1, -0.05) is 30.3 Å². The molecule has 2 amide bonds. The third-order valence-electron chi connectivity index (χ3n) is 3.40. The Morgan fingerprint density at radius 3 is 2.25 bits per heavy atom. The fourth-order valence-electron chi connectivity index (χ4n) is 2.23. The van der Waals surface area contributed by atoms with Crippen LogP contribution in [0, 0.1) is 0 Å². The zero-order valence-corrected chi connectivity index (χ0v) is 13.5. The summed E-state index contributed by atoms with van der Waals surface area (Å²) in [7, 11) is 1.25. The maximum Gasteiger partial charge on any atom is 0.339 e. The first kappa shape index (κ1) is 17.2. The third-order valence-corrected chi connectivity index (χ3v) is 3.40. The molecule has 0 heterocycles. The number of rotatable bonds is 4. The van der Waals surface area contributed by atoms with Crippen molar-refractivity contribution in [1.29, 1.82) is 0 Å². The molecule has 1 N–H and O–H groups in total. The first-order chi connectivity index (χ1) is 11.6. The van der Waals surface area contributed by atoms with Gasteiger partial charge in [0, 0.05) is 12.2 Å². The summed E-state index contributed by atoms with van der Waals surface area (Å²) in [6.07, 6.45) is 0. The summed E-state index contributed by atoms with van der Waals surface area (Å²) < 4.78 is 4.67. The predicted octanol–water partition coefficient (Wildman–Crippen LogP) is 2.46. The van der Waals surface area contributed by atoms with Gasteiger partial charge in [-0.25, -0.2) is 4.79 Å². The molecule has 0 atom stereocenters. The number of hydrogen-bond acceptors (Lipinski definition) is 4. The van der Waals surface area contributed by atoms with Crippen molar-refractivity contribution < 1.29 is 19.1 Å². The van der Waals surface area contributed by atoms with Crippen LogP contribution in [0.25, 0.3) is 0 Å². The average Bonchev–Trinajstić information content (AvgIpc) is 2.63. The summed E-state index contributed by atoms with van der Waals surface area (Å²) in [5.74, 6) is -2.12. The third kappa shape index (κ3) is 3.78. The number of carbonyl (C=O) groups excluding carboxylic acids is 3. The number of anilines is 2. The van der Waals surface area contributed by atoms with Crippen molar-refractivity contribution in [2.45, 2.75) is 6.92 Å². The molecule has 6 heteroatoms. The number of likely N-dealkylation sites (N-methyl/N-ethyl adjacent to an activating group) is 1. The number of para-hydroxylation sites is 2. The summed E-state index contributed by atoms with van der Waals surface area (Å²) in [5.41, 5.74) is 1.04. The molecule has 24 heavy (non-hydrogen) atoms. The van der Waals surface area contributed by atoms with E-state index in [0.717, 1.165) is 0 Å². The molecule has 124 valence electrons. The van der Waals surface area contributed by atoms with Crippen LogP contribution in [0.3, 0.4) is 0 Å². The molecule has 0 aliphatic heterocycles. The van der Waals surface area contributed by atoms with Gasteiger partial charge in [-0.2, -0.15) is 0 Å². The predicted molar refractivity (Wildman–Crippen MR) is 90.9 cm³/mol. The molecular weight excluding hydrogens is 308 g/mol. The Morgan fingerprint density at radius 1 is 1.00 bits per heavy atom. The van der Waals surface area contributed by atoms with Crippen molar-refractivity contribution in [1.82, 2.24) is 0 Å². The van der Waals surface area contributed by atoms with E-state index in [2.05, 4.69) is 10.1 Å². The van der Waals surface area contributed by atoms with Crippen LogP contribution in [0.1, 0.15) is 17.3 Å². The van der Waals surface area contributed by atoms with Crippen LogP contribution < -0.4 is 10.2 Å². The molecule has 0 saturated heterocycles. The summed E-state index contributed by atoms with van der Waals surface area (Å²) in [6.45, 7) is 2.12. The molecule has 2 aromatic rings. The number of nitrogens with one attached hydrogen (secondary N) is 1. The lowest BCUT2D eigenvalue weighted by atomic mass is 10.1. The highest BCUT2D eigenvalue weighted by Crippen LogP contribution is 2.17. The van der Waals surface area contributed by atoms with Crippen molar-refractivity contribution in [2.24, 2.45) is 0 Å². The lowest BCUT2D eigenvalue weighted by Crippen LogP contribution is -2.40. The first-order valence-electron chi connectivity index (χ1n) is 7.43. The Kier molecular flexibility index (Phi) is 5.68. The SMILES string of the molecule is CCN(C(=O)C(=O)Nc1ccccc1C(=O)OC)c1ccccc1. The van der Waals surface area contributed by atoms with Crippen molar-refractivity contribution in [3.8, 4) is 0 Å². The van der Waals surface area contributed by atoms with E-state index in [-0.39, 0.29) is 11.3 Å². The zero-order chi connectivity index (χ0) is 17.5. The number of hydrogen-bond donors (Lipinski definition) is 1. The molecule has 0 radical (unpaired) electrons. The molecule has 0 aliphatic rings. The Morgan fingerprint density at radius 2 is 1.62 bits per heavy atom. The van der Waals surface area contributed by atoms with Gasteiger partial charge in [-0.05, 0) is 31.2 Å². The molecule has 6 nitrogen and oxygen atoms in total. The van der Waals surface area contributed by atoms with Gasteiger partial charge in [-0.15, -0.1) is 0 Å². The summed E-state index contributed by atoms with van der Waals surface area (Å²) in [6, 6.07) is 15.2. The minimum Gasteiger partial charge on any atom is -0.465 e. The largest absolute Gasteiger partial charge is 0.465 e. The van der Waals surface area contributed by atoms with Crippen molar-refractivity contribution in [2.75, 3.05) is 23.9 Å². The van der Waals surface area contributed by atoms with Crippen LogP contribution in [0.5, 0.6) is 0 Å². The van der Waals surface area contributed by atoms with Gasteiger partial charge in [0.25, 0.3) is 0 Å². The Bertz CT molecular complexity index is 744.